The van der Waals surface area contributed by atoms with Crippen LogP contribution in [-0.2, 0) is 11.3 Å². The first-order chi connectivity index (χ1) is 18.6. The highest BCUT2D eigenvalue weighted by Crippen LogP contribution is 2.31. The van der Waals surface area contributed by atoms with E-state index in [1.54, 1.807) is 25.3 Å². The summed E-state index contributed by atoms with van der Waals surface area (Å²) in [4.78, 5) is 30.8. The number of hydrogen-bond donors (Lipinski definition) is 2. The normalized spacial score (nSPS) is 11.0. The van der Waals surface area contributed by atoms with Gasteiger partial charge in [-0.05, 0) is 36.4 Å². The largest absolute Gasteiger partial charge is 0.493 e. The zero-order chi connectivity index (χ0) is 26.5. The zero-order valence-corrected chi connectivity index (χ0v) is 22.5. The van der Waals surface area contributed by atoms with Crippen LogP contribution >= 0.6 is 23.1 Å². The quantitative estimate of drug-likeness (QED) is 0.227. The number of aromatic nitrogens is 2. The first-order valence-electron chi connectivity index (χ1n) is 11.9. The summed E-state index contributed by atoms with van der Waals surface area (Å²) in [5.41, 5.74) is 2.42. The Morgan fingerprint density at radius 2 is 1.79 bits per heavy atom. The van der Waals surface area contributed by atoms with Crippen LogP contribution < -0.4 is 20.1 Å². The second-order valence-electron chi connectivity index (χ2n) is 8.35. The average Bonchev–Trinajstić information content (AvgIpc) is 3.52. The first kappa shape index (κ1) is 25.6. The molecule has 2 aromatic heterocycles. The Balaban J connectivity index is 1.21. The van der Waals surface area contributed by atoms with Gasteiger partial charge in [0.2, 0.25) is 5.91 Å². The Morgan fingerprint density at radius 1 is 1.00 bits per heavy atom. The number of ether oxygens (including phenoxy) is 2. The molecule has 0 aliphatic rings. The Morgan fingerprint density at radius 3 is 2.61 bits per heavy atom. The molecule has 0 aliphatic carbocycles. The summed E-state index contributed by atoms with van der Waals surface area (Å²) in [5, 5.41) is 7.54. The number of methoxy groups -OCH3 is 2. The molecular weight excluding hydrogens is 520 g/mol. The lowest BCUT2D eigenvalue weighted by atomic mass is 10.2. The predicted octanol–water partition coefficient (Wildman–Crippen LogP) is 5.43. The van der Waals surface area contributed by atoms with Crippen LogP contribution in [0.3, 0.4) is 0 Å². The van der Waals surface area contributed by atoms with Crippen molar-refractivity contribution in [2.45, 2.75) is 11.4 Å². The number of nitrogens with zero attached hydrogens (tertiary/aromatic N) is 2. The molecule has 0 atom stereocenters. The van der Waals surface area contributed by atoms with Crippen molar-refractivity contribution in [2.24, 2.45) is 0 Å². The molecule has 0 saturated heterocycles. The SMILES string of the molecule is COc1ccc(C(=O)NCCn2cc(SCC(=O)Nc3nc4ccccc4s3)c3ccccc32)cc1OC. The topological polar surface area (TPSA) is 94.5 Å². The molecule has 38 heavy (non-hydrogen) atoms. The lowest BCUT2D eigenvalue weighted by Crippen LogP contribution is -2.27. The second-order valence-corrected chi connectivity index (χ2v) is 10.4. The number of fused-ring (bicyclic) bond motifs is 2. The van der Waals surface area contributed by atoms with Crippen molar-refractivity contribution in [1.29, 1.82) is 0 Å². The zero-order valence-electron chi connectivity index (χ0n) is 20.9. The monoisotopic (exact) mass is 546 g/mol. The number of hydrogen-bond acceptors (Lipinski definition) is 7. The minimum absolute atomic E-state index is 0.104. The van der Waals surface area contributed by atoms with Crippen molar-refractivity contribution in [3.05, 3.63) is 78.5 Å². The summed E-state index contributed by atoms with van der Waals surface area (Å²) in [6.45, 7) is 1.02. The summed E-state index contributed by atoms with van der Waals surface area (Å²) in [7, 11) is 3.09. The van der Waals surface area contributed by atoms with Crippen molar-refractivity contribution >= 4 is 61.2 Å². The van der Waals surface area contributed by atoms with Gasteiger partial charge in [-0.3, -0.25) is 9.59 Å². The summed E-state index contributed by atoms with van der Waals surface area (Å²) in [6.07, 6.45) is 2.03. The summed E-state index contributed by atoms with van der Waals surface area (Å²) < 4.78 is 13.7. The van der Waals surface area contributed by atoms with Crippen LogP contribution in [0.1, 0.15) is 10.4 Å². The van der Waals surface area contributed by atoms with Gasteiger partial charge in [-0.25, -0.2) is 4.98 Å². The van der Waals surface area contributed by atoms with E-state index in [2.05, 4.69) is 20.2 Å². The highest BCUT2D eigenvalue weighted by Gasteiger charge is 2.14. The van der Waals surface area contributed by atoms with Crippen molar-refractivity contribution in [3.8, 4) is 11.5 Å². The van der Waals surface area contributed by atoms with Gasteiger partial charge in [0.25, 0.3) is 5.91 Å². The molecular formula is C28H26N4O4S2. The van der Waals surface area contributed by atoms with E-state index in [9.17, 15) is 9.59 Å². The number of carbonyl (C=O) groups is 2. The minimum atomic E-state index is -0.191. The fourth-order valence-corrected chi connectivity index (χ4v) is 5.88. The van der Waals surface area contributed by atoms with E-state index in [-0.39, 0.29) is 17.6 Å². The number of thioether (sulfide) groups is 1. The van der Waals surface area contributed by atoms with E-state index in [0.717, 1.165) is 26.0 Å². The van der Waals surface area contributed by atoms with Crippen molar-refractivity contribution < 1.29 is 19.1 Å². The van der Waals surface area contributed by atoms with E-state index < -0.39 is 0 Å². The molecule has 0 aliphatic heterocycles. The standard InChI is InChI=1S/C28H26N4O4S2/c1-35-22-12-11-18(15-23(22)36-2)27(34)29-13-14-32-16-25(19-7-3-5-9-21(19)32)37-17-26(33)31-28-30-20-8-4-6-10-24(20)38-28/h3-12,15-16H,13-14,17H2,1-2H3,(H,29,34)(H,30,31,33). The number of rotatable bonds is 10. The van der Waals surface area contributed by atoms with Gasteiger partial charge in [-0.1, -0.05) is 41.7 Å². The minimum Gasteiger partial charge on any atom is -0.493 e. The van der Waals surface area contributed by atoms with Crippen molar-refractivity contribution in [3.63, 3.8) is 0 Å². The molecule has 0 spiro atoms. The lowest BCUT2D eigenvalue weighted by Gasteiger charge is -2.10. The molecule has 0 fully saturated rings. The van der Waals surface area contributed by atoms with Crippen LogP contribution in [0.5, 0.6) is 11.5 Å². The predicted molar refractivity (Wildman–Crippen MR) is 153 cm³/mol. The number of amides is 2. The number of anilines is 1. The molecule has 8 nitrogen and oxygen atoms in total. The third-order valence-corrected chi connectivity index (χ3v) is 7.93. The summed E-state index contributed by atoms with van der Waals surface area (Å²) in [6, 6.07) is 20.9. The van der Waals surface area contributed by atoms with E-state index in [1.165, 1.54) is 30.2 Å². The molecule has 10 heteroatoms. The Labute approximate surface area is 228 Å². The lowest BCUT2D eigenvalue weighted by molar-refractivity contribution is -0.113. The molecule has 0 saturated carbocycles. The number of carbonyl (C=O) groups excluding carboxylic acids is 2. The van der Waals surface area contributed by atoms with E-state index in [0.29, 0.717) is 35.3 Å². The van der Waals surface area contributed by atoms with Gasteiger partial charge < -0.3 is 24.7 Å². The van der Waals surface area contributed by atoms with Gasteiger partial charge in [0.1, 0.15) is 0 Å². The fourth-order valence-electron chi connectivity index (χ4n) is 4.11. The number of benzene rings is 3. The molecule has 3 aromatic carbocycles. The van der Waals surface area contributed by atoms with Crippen LogP contribution in [0, 0.1) is 0 Å². The number of para-hydroxylation sites is 2. The fraction of sp³-hybridized carbons (Fsp3) is 0.179. The Bertz CT molecular complexity index is 1580. The molecule has 5 aromatic rings. The van der Waals surface area contributed by atoms with E-state index in [4.69, 9.17) is 9.47 Å². The average molecular weight is 547 g/mol. The Kier molecular flexibility index (Phi) is 7.81. The maximum atomic E-state index is 12.7. The molecule has 2 heterocycles. The van der Waals surface area contributed by atoms with E-state index in [1.807, 2.05) is 54.7 Å². The maximum absolute atomic E-state index is 12.7. The summed E-state index contributed by atoms with van der Waals surface area (Å²) in [5.74, 6) is 1.05. The van der Waals surface area contributed by atoms with Crippen LogP contribution in [0.4, 0.5) is 5.13 Å². The molecule has 2 N–H and O–H groups in total. The van der Waals surface area contributed by atoms with Gasteiger partial charge in [0.15, 0.2) is 16.6 Å². The number of nitrogens with one attached hydrogen (secondary N) is 2. The second kappa shape index (κ2) is 11.6. The first-order valence-corrected chi connectivity index (χ1v) is 13.7. The Hall–Kier alpha value is -4.02. The highest BCUT2D eigenvalue weighted by atomic mass is 32.2. The summed E-state index contributed by atoms with van der Waals surface area (Å²) >= 11 is 2.94. The molecule has 194 valence electrons. The molecule has 0 unspecified atom stereocenters. The molecule has 5 rings (SSSR count). The van der Waals surface area contributed by atoms with Crippen molar-refractivity contribution in [2.75, 3.05) is 31.8 Å². The highest BCUT2D eigenvalue weighted by molar-refractivity contribution is 8.00. The molecule has 0 radical (unpaired) electrons. The van der Waals surface area contributed by atoms with Crippen LogP contribution in [0.25, 0.3) is 21.1 Å². The van der Waals surface area contributed by atoms with Gasteiger partial charge in [-0.15, -0.1) is 11.8 Å². The third-order valence-electron chi connectivity index (χ3n) is 5.94. The maximum Gasteiger partial charge on any atom is 0.251 e. The molecule has 2 amide bonds. The van der Waals surface area contributed by atoms with Crippen molar-refractivity contribution in [1.82, 2.24) is 14.9 Å². The van der Waals surface area contributed by atoms with Gasteiger partial charge >= 0.3 is 0 Å². The van der Waals surface area contributed by atoms with Crippen LogP contribution in [0.15, 0.2) is 77.8 Å². The third kappa shape index (κ3) is 5.61. The van der Waals surface area contributed by atoms with Gasteiger partial charge in [-0.2, -0.15) is 0 Å². The van der Waals surface area contributed by atoms with Crippen LogP contribution in [-0.4, -0.2) is 47.9 Å². The number of thiazole rings is 1. The van der Waals surface area contributed by atoms with Crippen LogP contribution in [0.2, 0.25) is 0 Å². The molecule has 0 bridgehead atoms. The smallest absolute Gasteiger partial charge is 0.251 e. The van der Waals surface area contributed by atoms with Gasteiger partial charge in [0.05, 0.1) is 30.2 Å². The van der Waals surface area contributed by atoms with Gasteiger partial charge in [0, 0.05) is 40.6 Å². The van der Waals surface area contributed by atoms with E-state index >= 15 is 0 Å².